The molecule has 2 N–H and O–H groups in total. The van der Waals surface area contributed by atoms with Gasteiger partial charge in [0.2, 0.25) is 5.78 Å². The molecule has 2 rings (SSSR count). The normalized spacial score (nSPS) is 10.0. The lowest BCUT2D eigenvalue weighted by Crippen LogP contribution is -2.25. The van der Waals surface area contributed by atoms with Gasteiger partial charge in [0, 0.05) is 0 Å². The zero-order chi connectivity index (χ0) is 16.1. The van der Waals surface area contributed by atoms with Crippen molar-refractivity contribution in [3.63, 3.8) is 0 Å². The summed E-state index contributed by atoms with van der Waals surface area (Å²) in [6.45, 7) is 0. The summed E-state index contributed by atoms with van der Waals surface area (Å²) in [5.41, 5.74) is -0.120. The molecular weight excluding hydrogens is 306 g/mol. The van der Waals surface area contributed by atoms with Crippen LogP contribution in [0.5, 0.6) is 0 Å². The Hall–Kier alpha value is -2.80. The molecule has 1 aromatic heterocycles. The standard InChI is InChI=1S/C15H11NO5S/c17-11(13-6-3-7-22-13)8-12(18)14(19)16-10-5-2-1-4-9(10)15(20)21/h1-7H,8H2,(H,16,19)(H,20,21). The van der Waals surface area contributed by atoms with Gasteiger partial charge in [-0.1, -0.05) is 18.2 Å². The van der Waals surface area contributed by atoms with Crippen LogP contribution in [0, 0.1) is 0 Å². The number of carbonyl (C=O) groups is 4. The molecule has 0 bridgehead atoms. The zero-order valence-corrected chi connectivity index (χ0v) is 12.1. The van der Waals surface area contributed by atoms with E-state index in [4.69, 9.17) is 5.11 Å². The Morgan fingerprint density at radius 1 is 1.05 bits per heavy atom. The third-order valence-electron chi connectivity index (χ3n) is 2.78. The molecule has 7 heteroatoms. The van der Waals surface area contributed by atoms with Gasteiger partial charge in [0.25, 0.3) is 5.91 Å². The van der Waals surface area contributed by atoms with Crippen LogP contribution in [0.3, 0.4) is 0 Å². The van der Waals surface area contributed by atoms with Crippen molar-refractivity contribution in [3.8, 4) is 0 Å². The number of Topliss-reactive ketones (excluding diaryl/α,β-unsaturated/α-hetero) is 2. The van der Waals surface area contributed by atoms with Crippen LogP contribution in [0.4, 0.5) is 5.69 Å². The van der Waals surface area contributed by atoms with Crippen molar-refractivity contribution in [3.05, 3.63) is 52.2 Å². The molecule has 112 valence electrons. The summed E-state index contributed by atoms with van der Waals surface area (Å²) in [6, 6.07) is 8.95. The van der Waals surface area contributed by atoms with E-state index in [2.05, 4.69) is 5.32 Å². The summed E-state index contributed by atoms with van der Waals surface area (Å²) in [7, 11) is 0. The molecule has 1 amide bonds. The average Bonchev–Trinajstić information content (AvgIpc) is 3.01. The van der Waals surface area contributed by atoms with Crippen molar-refractivity contribution in [1.29, 1.82) is 0 Å². The van der Waals surface area contributed by atoms with Gasteiger partial charge in [0.05, 0.1) is 22.5 Å². The molecule has 0 saturated carbocycles. The summed E-state index contributed by atoms with van der Waals surface area (Å²) in [6.07, 6.45) is -0.554. The number of hydrogen-bond acceptors (Lipinski definition) is 5. The van der Waals surface area contributed by atoms with Crippen molar-refractivity contribution in [2.75, 3.05) is 5.32 Å². The number of rotatable bonds is 6. The number of carboxylic acids is 1. The monoisotopic (exact) mass is 317 g/mol. The fourth-order valence-electron chi connectivity index (χ4n) is 1.72. The molecule has 0 atom stereocenters. The number of ketones is 2. The van der Waals surface area contributed by atoms with Gasteiger partial charge in [0.1, 0.15) is 0 Å². The van der Waals surface area contributed by atoms with Gasteiger partial charge in [-0.3, -0.25) is 14.4 Å². The van der Waals surface area contributed by atoms with E-state index < -0.39 is 29.9 Å². The number of carbonyl (C=O) groups excluding carboxylic acids is 3. The highest BCUT2D eigenvalue weighted by Gasteiger charge is 2.21. The minimum absolute atomic E-state index is 0.0110. The van der Waals surface area contributed by atoms with Crippen LogP contribution in [0.2, 0.25) is 0 Å². The van der Waals surface area contributed by atoms with E-state index in [1.54, 1.807) is 17.5 Å². The minimum Gasteiger partial charge on any atom is -0.478 e. The Kier molecular flexibility index (Phi) is 4.80. The molecule has 0 radical (unpaired) electrons. The SMILES string of the molecule is O=C(CC(=O)c1cccs1)C(=O)Nc1ccccc1C(=O)O. The van der Waals surface area contributed by atoms with Gasteiger partial charge in [-0.2, -0.15) is 0 Å². The lowest BCUT2D eigenvalue weighted by atomic mass is 10.1. The van der Waals surface area contributed by atoms with Crippen LogP contribution < -0.4 is 5.32 Å². The molecule has 0 aliphatic rings. The first kappa shape index (κ1) is 15.6. The lowest BCUT2D eigenvalue weighted by molar-refractivity contribution is -0.134. The smallest absolute Gasteiger partial charge is 0.337 e. The Morgan fingerprint density at radius 2 is 1.77 bits per heavy atom. The van der Waals surface area contributed by atoms with E-state index in [-0.39, 0.29) is 11.3 Å². The number of thiophene rings is 1. The molecule has 1 aromatic carbocycles. The van der Waals surface area contributed by atoms with Crippen molar-refractivity contribution in [2.45, 2.75) is 6.42 Å². The second-order valence-electron chi connectivity index (χ2n) is 4.31. The second-order valence-corrected chi connectivity index (χ2v) is 5.25. The number of carboxylic acid groups (broad SMARTS) is 1. The summed E-state index contributed by atoms with van der Waals surface area (Å²) >= 11 is 1.18. The van der Waals surface area contributed by atoms with Crippen LogP contribution in [-0.4, -0.2) is 28.5 Å². The predicted molar refractivity (Wildman–Crippen MR) is 80.3 cm³/mol. The molecular formula is C15H11NO5S. The van der Waals surface area contributed by atoms with E-state index in [9.17, 15) is 19.2 Å². The molecule has 2 aromatic rings. The molecule has 1 heterocycles. The summed E-state index contributed by atoms with van der Waals surface area (Å²) in [5, 5.41) is 12.9. The van der Waals surface area contributed by atoms with Gasteiger partial charge in [-0.25, -0.2) is 4.79 Å². The molecule has 0 fully saturated rings. The van der Waals surface area contributed by atoms with Crippen molar-refractivity contribution in [2.24, 2.45) is 0 Å². The van der Waals surface area contributed by atoms with E-state index in [0.717, 1.165) is 0 Å². The summed E-state index contributed by atoms with van der Waals surface area (Å²) in [4.78, 5) is 46.7. The first-order valence-electron chi connectivity index (χ1n) is 6.22. The van der Waals surface area contributed by atoms with Crippen molar-refractivity contribution in [1.82, 2.24) is 0 Å². The number of para-hydroxylation sites is 1. The summed E-state index contributed by atoms with van der Waals surface area (Å²) < 4.78 is 0. The van der Waals surface area contributed by atoms with Crippen molar-refractivity contribution < 1.29 is 24.3 Å². The molecule has 0 saturated heterocycles. The molecule has 22 heavy (non-hydrogen) atoms. The maximum Gasteiger partial charge on any atom is 0.337 e. The van der Waals surface area contributed by atoms with Gasteiger partial charge >= 0.3 is 5.97 Å². The summed E-state index contributed by atoms with van der Waals surface area (Å²) in [5.74, 6) is -3.60. The quantitative estimate of drug-likeness (QED) is 0.483. The number of anilines is 1. The molecule has 0 aliphatic heterocycles. The molecule has 0 spiro atoms. The molecule has 0 aliphatic carbocycles. The maximum atomic E-state index is 11.8. The highest BCUT2D eigenvalue weighted by Crippen LogP contribution is 2.16. The van der Waals surface area contributed by atoms with Gasteiger partial charge < -0.3 is 10.4 Å². The topological polar surface area (TPSA) is 101 Å². The fraction of sp³-hybridized carbons (Fsp3) is 0.0667. The second kappa shape index (κ2) is 6.77. The third-order valence-corrected chi connectivity index (χ3v) is 3.69. The number of amides is 1. The number of hydrogen-bond donors (Lipinski definition) is 2. The van der Waals surface area contributed by atoms with Crippen LogP contribution in [0.15, 0.2) is 41.8 Å². The van der Waals surface area contributed by atoms with E-state index in [1.807, 2.05) is 0 Å². The highest BCUT2D eigenvalue weighted by molar-refractivity contribution is 7.12. The van der Waals surface area contributed by atoms with Crippen LogP contribution in [0.1, 0.15) is 26.5 Å². The Bertz CT molecular complexity index is 736. The largest absolute Gasteiger partial charge is 0.478 e. The fourth-order valence-corrected chi connectivity index (χ4v) is 2.39. The molecule has 6 nitrogen and oxygen atoms in total. The maximum absolute atomic E-state index is 11.8. The Labute approximate surface area is 129 Å². The van der Waals surface area contributed by atoms with E-state index in [0.29, 0.717) is 4.88 Å². The Morgan fingerprint density at radius 3 is 2.41 bits per heavy atom. The van der Waals surface area contributed by atoms with Crippen LogP contribution >= 0.6 is 11.3 Å². The number of nitrogens with one attached hydrogen (secondary N) is 1. The van der Waals surface area contributed by atoms with Crippen LogP contribution in [0.25, 0.3) is 0 Å². The number of aromatic carboxylic acids is 1. The van der Waals surface area contributed by atoms with Gasteiger partial charge in [0.15, 0.2) is 5.78 Å². The zero-order valence-electron chi connectivity index (χ0n) is 11.2. The first-order chi connectivity index (χ1) is 10.5. The van der Waals surface area contributed by atoms with Crippen molar-refractivity contribution >= 4 is 40.5 Å². The molecule has 0 unspecified atom stereocenters. The predicted octanol–water partition coefficient (Wildman–Crippen LogP) is 2.23. The van der Waals surface area contributed by atoms with Gasteiger partial charge in [-0.05, 0) is 23.6 Å². The van der Waals surface area contributed by atoms with Gasteiger partial charge in [-0.15, -0.1) is 11.3 Å². The lowest BCUT2D eigenvalue weighted by Gasteiger charge is -2.07. The average molecular weight is 317 g/mol. The van der Waals surface area contributed by atoms with E-state index >= 15 is 0 Å². The van der Waals surface area contributed by atoms with Crippen LogP contribution in [-0.2, 0) is 9.59 Å². The first-order valence-corrected chi connectivity index (χ1v) is 7.10. The minimum atomic E-state index is -1.22. The number of benzene rings is 1. The Balaban J connectivity index is 2.05. The highest BCUT2D eigenvalue weighted by atomic mass is 32.1. The van der Waals surface area contributed by atoms with E-state index in [1.165, 1.54) is 35.6 Å². The third kappa shape index (κ3) is 3.64.